The Morgan fingerprint density at radius 3 is 2.48 bits per heavy atom. The Balaban J connectivity index is 1.67. The number of likely N-dealkylation sites (N-methyl/N-ethyl adjacent to an activating group) is 1. The monoisotopic (exact) mass is 442 g/mol. The van der Waals surface area contributed by atoms with Crippen molar-refractivity contribution < 1.29 is 23.3 Å². The summed E-state index contributed by atoms with van der Waals surface area (Å²) < 4.78 is 13.1. The van der Waals surface area contributed by atoms with Gasteiger partial charge in [-0.1, -0.05) is 43.5 Å². The van der Waals surface area contributed by atoms with E-state index in [0.29, 0.717) is 35.6 Å². The van der Waals surface area contributed by atoms with Gasteiger partial charge in [0.05, 0.1) is 43.4 Å². The van der Waals surface area contributed by atoms with Crippen LogP contribution < -0.4 is 5.32 Å². The van der Waals surface area contributed by atoms with E-state index in [4.69, 9.17) is 32.5 Å². The highest BCUT2D eigenvalue weighted by Gasteiger charge is 2.60. The quantitative estimate of drug-likeness (QED) is 0.625. The molecular formula is C20H29BCl2N2O4. The molecule has 0 aliphatic carbocycles. The molecule has 2 saturated heterocycles. The number of benzene rings is 1. The van der Waals surface area contributed by atoms with Crippen molar-refractivity contribution >= 4 is 41.6 Å². The third-order valence-corrected chi connectivity index (χ3v) is 6.83. The molecule has 0 unspecified atom stereocenters. The fourth-order valence-corrected chi connectivity index (χ4v) is 5.22. The van der Waals surface area contributed by atoms with Crippen LogP contribution in [0.2, 0.25) is 15.9 Å². The van der Waals surface area contributed by atoms with E-state index in [1.54, 1.807) is 12.1 Å². The molecule has 0 radical (unpaired) electrons. The van der Waals surface area contributed by atoms with Crippen LogP contribution in [0.25, 0.3) is 0 Å². The van der Waals surface area contributed by atoms with Gasteiger partial charge in [0.1, 0.15) is 5.78 Å². The van der Waals surface area contributed by atoms with Crippen molar-refractivity contribution in [3.63, 3.8) is 0 Å². The minimum Gasteiger partial charge on any atom is -0.509 e. The zero-order valence-electron chi connectivity index (χ0n) is 17.2. The molecule has 0 saturated carbocycles. The van der Waals surface area contributed by atoms with Gasteiger partial charge in [0.2, 0.25) is 0 Å². The molecule has 0 aromatic heterocycles. The molecule has 1 amide bonds. The number of quaternary nitrogens is 1. The third kappa shape index (κ3) is 4.64. The first-order chi connectivity index (χ1) is 13.7. The number of carbonyl (C=O) groups excluding carboxylic acids is 2. The number of Topliss-reactive ketones (excluding diaryl/α,β-unsaturated/α-hetero) is 1. The number of hydrogen-bond donors (Lipinski definition) is 1. The lowest BCUT2D eigenvalue weighted by Gasteiger charge is -2.48. The molecule has 0 bridgehead atoms. The number of hydrogen-bond acceptors (Lipinski definition) is 4. The van der Waals surface area contributed by atoms with Gasteiger partial charge in [-0.2, -0.15) is 0 Å². The second-order valence-electron chi connectivity index (χ2n) is 8.84. The maximum atomic E-state index is 12.8. The van der Waals surface area contributed by atoms with E-state index in [2.05, 4.69) is 26.2 Å². The summed E-state index contributed by atoms with van der Waals surface area (Å²) in [6.45, 7) is 5.78. The molecular weight excluding hydrogens is 414 g/mol. The second kappa shape index (κ2) is 8.94. The molecule has 9 heteroatoms. The average Bonchev–Trinajstić information content (AvgIpc) is 3.14. The Labute approximate surface area is 182 Å². The molecule has 2 aliphatic rings. The standard InChI is InChI=1S/C20H29BCl2N2O4/c1-14(2)10-15(21-25(3,6-8-28-21)7-9-29-21)11-17(26)13-24-20(27)18-12-16(22)4-5-19(18)23/h4-5,12,14-15H,6-11,13H2,1-3H3,(H,24,27)/t15-,21?,25?/m0/s1. The first-order valence-electron chi connectivity index (χ1n) is 10.2. The number of nitrogens with one attached hydrogen (secondary N) is 1. The molecule has 1 aromatic carbocycles. The van der Waals surface area contributed by atoms with Crippen molar-refractivity contribution in [3.05, 3.63) is 33.8 Å². The number of nitrogens with zero attached hydrogens (tertiary/aromatic N) is 1. The average molecular weight is 443 g/mol. The van der Waals surface area contributed by atoms with Crippen LogP contribution >= 0.6 is 23.2 Å². The number of fused-ring (bicyclic) bond motifs is 1. The van der Waals surface area contributed by atoms with Crippen molar-refractivity contribution in [3.8, 4) is 0 Å². The highest BCUT2D eigenvalue weighted by molar-refractivity contribution is 6.62. The lowest BCUT2D eigenvalue weighted by molar-refractivity contribution is -0.801. The van der Waals surface area contributed by atoms with Crippen LogP contribution in [0, 0.1) is 5.92 Å². The molecule has 2 fully saturated rings. The summed E-state index contributed by atoms with van der Waals surface area (Å²) in [4.78, 5) is 25.2. The third-order valence-electron chi connectivity index (χ3n) is 6.27. The van der Waals surface area contributed by atoms with Crippen molar-refractivity contribution in [2.75, 3.05) is 39.9 Å². The zero-order chi connectivity index (χ0) is 21.2. The summed E-state index contributed by atoms with van der Waals surface area (Å²) in [6.07, 6.45) is 1.16. The first-order valence-corrected chi connectivity index (χ1v) is 10.9. The van der Waals surface area contributed by atoms with Gasteiger partial charge >= 0.3 is 6.69 Å². The topological polar surface area (TPSA) is 64.6 Å². The van der Waals surface area contributed by atoms with Crippen LogP contribution in [0.5, 0.6) is 0 Å². The molecule has 2 aliphatic heterocycles. The minimum atomic E-state index is -1.57. The van der Waals surface area contributed by atoms with Crippen LogP contribution in [-0.4, -0.2) is 62.7 Å². The molecule has 6 nitrogen and oxygen atoms in total. The summed E-state index contributed by atoms with van der Waals surface area (Å²) >= 11 is 12.0. The fraction of sp³-hybridized carbons (Fsp3) is 0.600. The van der Waals surface area contributed by atoms with E-state index in [-0.39, 0.29) is 23.7 Å². The SMILES string of the molecule is CC(C)C[C@@H](CC(=O)CNC(=O)c1cc(Cl)ccc1Cl)[B-]12OCC[N+]1(C)CCO2. The van der Waals surface area contributed by atoms with Gasteiger partial charge in [0, 0.05) is 12.1 Å². The van der Waals surface area contributed by atoms with E-state index in [1.165, 1.54) is 6.07 Å². The van der Waals surface area contributed by atoms with Gasteiger partial charge in [-0.05, 0) is 36.4 Å². The van der Waals surface area contributed by atoms with E-state index >= 15 is 0 Å². The Bertz CT molecular complexity index is 780. The number of rotatable bonds is 8. The lowest BCUT2D eigenvalue weighted by Crippen LogP contribution is -2.63. The summed E-state index contributed by atoms with van der Waals surface area (Å²) in [6, 6.07) is 4.67. The van der Waals surface area contributed by atoms with E-state index < -0.39 is 12.6 Å². The van der Waals surface area contributed by atoms with Crippen LogP contribution in [0.1, 0.15) is 37.0 Å². The summed E-state index contributed by atoms with van der Waals surface area (Å²) in [7, 11) is 2.17. The Hall–Kier alpha value is -1.12. The number of ketones is 1. The Morgan fingerprint density at radius 2 is 1.86 bits per heavy atom. The molecule has 2 heterocycles. The maximum absolute atomic E-state index is 12.8. The van der Waals surface area contributed by atoms with E-state index in [0.717, 1.165) is 23.9 Å². The molecule has 0 spiro atoms. The summed E-state index contributed by atoms with van der Waals surface area (Å²) in [5.74, 6) is -0.0596. The van der Waals surface area contributed by atoms with Crippen molar-refractivity contribution in [1.82, 2.24) is 5.32 Å². The van der Waals surface area contributed by atoms with Gasteiger partial charge in [-0.15, -0.1) is 0 Å². The predicted molar refractivity (Wildman–Crippen MR) is 115 cm³/mol. The summed E-state index contributed by atoms with van der Waals surface area (Å²) in [5.41, 5.74) is 0.260. The zero-order valence-corrected chi connectivity index (χ0v) is 18.8. The number of amides is 1. The number of halogens is 2. The van der Waals surface area contributed by atoms with Crippen molar-refractivity contribution in [2.45, 2.75) is 32.5 Å². The van der Waals surface area contributed by atoms with E-state index in [1.807, 2.05) is 0 Å². The van der Waals surface area contributed by atoms with Crippen molar-refractivity contribution in [2.24, 2.45) is 5.92 Å². The van der Waals surface area contributed by atoms with E-state index in [9.17, 15) is 9.59 Å². The maximum Gasteiger partial charge on any atom is 0.476 e. The Morgan fingerprint density at radius 1 is 1.21 bits per heavy atom. The normalized spacial score (nSPS) is 27.1. The summed E-state index contributed by atoms with van der Waals surface area (Å²) in [5, 5.41) is 3.38. The fourth-order valence-electron chi connectivity index (χ4n) is 4.84. The molecule has 160 valence electrons. The minimum absolute atomic E-state index is 0.0100. The smallest absolute Gasteiger partial charge is 0.476 e. The second-order valence-corrected chi connectivity index (χ2v) is 9.68. The highest BCUT2D eigenvalue weighted by Crippen LogP contribution is 2.45. The van der Waals surface area contributed by atoms with Gasteiger partial charge in [-0.3, -0.25) is 9.59 Å². The van der Waals surface area contributed by atoms with Gasteiger partial charge in [0.15, 0.2) is 0 Å². The lowest BCUT2D eigenvalue weighted by atomic mass is 9.52. The van der Waals surface area contributed by atoms with Gasteiger partial charge in [0.25, 0.3) is 5.91 Å². The van der Waals surface area contributed by atoms with Crippen LogP contribution in [0.15, 0.2) is 18.2 Å². The predicted octanol–water partition coefficient (Wildman–Crippen LogP) is 3.54. The molecule has 1 N–H and O–H groups in total. The molecule has 1 atom stereocenters. The molecule has 29 heavy (non-hydrogen) atoms. The highest BCUT2D eigenvalue weighted by atomic mass is 35.5. The van der Waals surface area contributed by atoms with Gasteiger partial charge < -0.3 is 19.0 Å². The van der Waals surface area contributed by atoms with Gasteiger partial charge in [-0.25, -0.2) is 0 Å². The first kappa shape index (κ1) is 22.6. The number of carbonyl (C=O) groups is 2. The largest absolute Gasteiger partial charge is 0.509 e. The van der Waals surface area contributed by atoms with Crippen LogP contribution in [0.4, 0.5) is 0 Å². The Kier molecular flexibility index (Phi) is 6.96. The van der Waals surface area contributed by atoms with Crippen LogP contribution in [-0.2, 0) is 14.1 Å². The molecule has 1 aromatic rings. The van der Waals surface area contributed by atoms with Crippen LogP contribution in [0.3, 0.4) is 0 Å². The molecule has 3 rings (SSSR count). The van der Waals surface area contributed by atoms with Crippen molar-refractivity contribution in [1.29, 1.82) is 0 Å².